The fraction of sp³-hybridized carbons (Fsp3) is 0.150. The van der Waals surface area contributed by atoms with E-state index in [0.717, 1.165) is 5.56 Å². The number of ether oxygens (including phenoxy) is 1. The molecule has 0 fully saturated rings. The first kappa shape index (κ1) is 14.3. The molecule has 110 valence electrons. The van der Waals surface area contributed by atoms with Crippen molar-refractivity contribution in [2.75, 3.05) is 7.11 Å². The predicted molar refractivity (Wildman–Crippen MR) is 88.5 cm³/mol. The quantitative estimate of drug-likeness (QED) is 0.773. The largest absolute Gasteiger partial charge is 0.497 e. The number of carbonyl (C=O) groups excluding carboxylic acids is 1. The molecule has 1 atom stereocenters. The molecule has 22 heavy (non-hydrogen) atoms. The Morgan fingerprint density at radius 1 is 1.09 bits per heavy atom. The van der Waals surface area contributed by atoms with Crippen LogP contribution in [-0.2, 0) is 0 Å². The molecular weight excluding hydrogens is 272 g/mol. The van der Waals surface area contributed by atoms with Gasteiger partial charge in [0.2, 0.25) is 0 Å². The summed E-state index contributed by atoms with van der Waals surface area (Å²) in [7, 11) is 1.62. The third-order valence-electron chi connectivity index (χ3n) is 3.91. The summed E-state index contributed by atoms with van der Waals surface area (Å²) in [6.07, 6.45) is 6.38. The highest BCUT2D eigenvalue weighted by Crippen LogP contribution is 2.32. The first-order chi connectivity index (χ1) is 10.7. The first-order valence-electron chi connectivity index (χ1n) is 7.33. The first-order valence-corrected chi connectivity index (χ1v) is 7.33. The molecule has 0 saturated carbocycles. The van der Waals surface area contributed by atoms with E-state index in [-0.39, 0.29) is 11.7 Å². The van der Waals surface area contributed by atoms with Gasteiger partial charge >= 0.3 is 0 Å². The van der Waals surface area contributed by atoms with Gasteiger partial charge in [0.15, 0.2) is 5.78 Å². The normalized spacial score (nSPS) is 16.5. The minimum atomic E-state index is 0.0286. The Hall–Kier alpha value is -2.61. The molecule has 1 aliphatic carbocycles. The lowest BCUT2D eigenvalue weighted by Crippen LogP contribution is -2.07. The summed E-state index contributed by atoms with van der Waals surface area (Å²) in [6.45, 7) is 2.07. The van der Waals surface area contributed by atoms with Gasteiger partial charge < -0.3 is 4.74 Å². The second-order valence-electron chi connectivity index (χ2n) is 5.44. The van der Waals surface area contributed by atoms with E-state index in [4.69, 9.17) is 4.74 Å². The third kappa shape index (κ3) is 2.73. The number of hydrogen-bond donors (Lipinski definition) is 0. The number of methoxy groups -OCH3 is 1. The molecule has 2 heteroatoms. The molecule has 0 saturated heterocycles. The van der Waals surface area contributed by atoms with Gasteiger partial charge in [0.25, 0.3) is 0 Å². The maximum absolute atomic E-state index is 12.9. The van der Waals surface area contributed by atoms with Crippen molar-refractivity contribution < 1.29 is 9.53 Å². The van der Waals surface area contributed by atoms with Gasteiger partial charge in [0.1, 0.15) is 5.75 Å². The van der Waals surface area contributed by atoms with Crippen molar-refractivity contribution in [2.24, 2.45) is 0 Å². The van der Waals surface area contributed by atoms with Gasteiger partial charge in [-0.3, -0.25) is 4.79 Å². The number of allylic oxidation sites excluding steroid dienone is 4. The van der Waals surface area contributed by atoms with Crippen LogP contribution in [0.15, 0.2) is 72.3 Å². The Labute approximate surface area is 130 Å². The molecule has 0 heterocycles. The van der Waals surface area contributed by atoms with E-state index in [1.807, 2.05) is 48.5 Å². The van der Waals surface area contributed by atoms with E-state index < -0.39 is 0 Å². The van der Waals surface area contributed by atoms with Gasteiger partial charge in [-0.1, -0.05) is 60.2 Å². The van der Waals surface area contributed by atoms with Gasteiger partial charge in [0, 0.05) is 17.0 Å². The lowest BCUT2D eigenvalue weighted by Gasteiger charge is -2.14. The van der Waals surface area contributed by atoms with E-state index in [1.54, 1.807) is 7.11 Å². The molecule has 0 N–H and O–H groups in total. The number of rotatable bonds is 4. The highest BCUT2D eigenvalue weighted by atomic mass is 16.5. The van der Waals surface area contributed by atoms with E-state index in [1.165, 1.54) is 5.57 Å². The Kier molecular flexibility index (Phi) is 3.92. The summed E-state index contributed by atoms with van der Waals surface area (Å²) < 4.78 is 5.29. The van der Waals surface area contributed by atoms with Crippen molar-refractivity contribution in [2.45, 2.75) is 12.8 Å². The topological polar surface area (TPSA) is 26.3 Å². The van der Waals surface area contributed by atoms with Gasteiger partial charge in [-0.2, -0.15) is 0 Å². The molecule has 0 bridgehead atoms. The summed E-state index contributed by atoms with van der Waals surface area (Å²) in [5.74, 6) is 0.875. The minimum absolute atomic E-state index is 0.0286. The average Bonchev–Trinajstić information content (AvgIpc) is 3.00. The summed E-state index contributed by atoms with van der Waals surface area (Å²) in [6, 6.07) is 15.1. The molecular formula is C20H18O2. The van der Waals surface area contributed by atoms with Gasteiger partial charge in [-0.25, -0.2) is 0 Å². The van der Waals surface area contributed by atoms with E-state index in [0.29, 0.717) is 16.9 Å². The van der Waals surface area contributed by atoms with Crippen LogP contribution in [0.3, 0.4) is 0 Å². The second-order valence-corrected chi connectivity index (χ2v) is 5.44. The second kappa shape index (κ2) is 6.02. The van der Waals surface area contributed by atoms with E-state index in [9.17, 15) is 4.79 Å². The fourth-order valence-electron chi connectivity index (χ4n) is 2.74. The Morgan fingerprint density at radius 3 is 2.50 bits per heavy atom. The van der Waals surface area contributed by atoms with Crippen molar-refractivity contribution in [1.29, 1.82) is 0 Å². The molecule has 0 aliphatic heterocycles. The zero-order valence-corrected chi connectivity index (χ0v) is 12.7. The summed E-state index contributed by atoms with van der Waals surface area (Å²) in [5, 5.41) is 0. The maximum Gasteiger partial charge on any atom is 0.193 e. The van der Waals surface area contributed by atoms with E-state index in [2.05, 4.69) is 25.2 Å². The zero-order chi connectivity index (χ0) is 15.5. The zero-order valence-electron chi connectivity index (χ0n) is 12.7. The average molecular weight is 290 g/mol. The van der Waals surface area contributed by atoms with Crippen LogP contribution >= 0.6 is 0 Å². The SMILES string of the molecule is COc1ccc(C2C=CC(C)=C2)c(C(=O)c2ccccc2)c1. The molecule has 2 nitrogen and oxygen atoms in total. The monoisotopic (exact) mass is 290 g/mol. The number of ketones is 1. The molecule has 0 amide bonds. The highest BCUT2D eigenvalue weighted by Gasteiger charge is 2.20. The molecule has 3 rings (SSSR count). The van der Waals surface area contributed by atoms with Crippen LogP contribution in [-0.4, -0.2) is 12.9 Å². The highest BCUT2D eigenvalue weighted by molar-refractivity contribution is 6.10. The summed E-state index contributed by atoms with van der Waals surface area (Å²) in [4.78, 5) is 12.9. The Bertz CT molecular complexity index is 755. The van der Waals surface area contributed by atoms with Gasteiger partial charge in [0.05, 0.1) is 7.11 Å². The third-order valence-corrected chi connectivity index (χ3v) is 3.91. The smallest absolute Gasteiger partial charge is 0.193 e. The van der Waals surface area contributed by atoms with Crippen LogP contribution < -0.4 is 4.74 Å². The molecule has 2 aromatic rings. The van der Waals surface area contributed by atoms with Crippen molar-refractivity contribution in [3.63, 3.8) is 0 Å². The Balaban J connectivity index is 2.08. The molecule has 1 aliphatic rings. The van der Waals surface area contributed by atoms with Crippen molar-refractivity contribution in [3.05, 3.63) is 89.0 Å². The minimum Gasteiger partial charge on any atom is -0.497 e. The maximum atomic E-state index is 12.9. The van der Waals surface area contributed by atoms with Crippen molar-refractivity contribution in [3.8, 4) is 5.75 Å². The fourth-order valence-corrected chi connectivity index (χ4v) is 2.74. The predicted octanol–water partition coefficient (Wildman–Crippen LogP) is 4.53. The van der Waals surface area contributed by atoms with Crippen LogP contribution in [0.4, 0.5) is 0 Å². The summed E-state index contributed by atoms with van der Waals surface area (Å²) in [5.41, 5.74) is 3.63. The standard InChI is InChI=1S/C20H18O2/c1-14-8-9-16(12-14)18-11-10-17(22-2)13-19(18)20(21)15-6-4-3-5-7-15/h3-13,16H,1-2H3. The molecule has 0 spiro atoms. The van der Waals surface area contributed by atoms with Crippen LogP contribution in [0.1, 0.15) is 34.3 Å². The summed E-state index contributed by atoms with van der Waals surface area (Å²) >= 11 is 0. The molecule has 0 aromatic heterocycles. The van der Waals surface area contributed by atoms with Gasteiger partial charge in [-0.15, -0.1) is 0 Å². The molecule has 0 radical (unpaired) electrons. The van der Waals surface area contributed by atoms with Gasteiger partial charge in [-0.05, 0) is 24.6 Å². The van der Waals surface area contributed by atoms with Crippen molar-refractivity contribution >= 4 is 5.78 Å². The van der Waals surface area contributed by atoms with Crippen LogP contribution in [0.2, 0.25) is 0 Å². The molecule has 2 aromatic carbocycles. The van der Waals surface area contributed by atoms with Crippen molar-refractivity contribution in [1.82, 2.24) is 0 Å². The van der Waals surface area contributed by atoms with Crippen LogP contribution in [0.5, 0.6) is 5.75 Å². The Morgan fingerprint density at radius 2 is 1.86 bits per heavy atom. The number of hydrogen-bond acceptors (Lipinski definition) is 2. The lowest BCUT2D eigenvalue weighted by atomic mass is 9.90. The van der Waals surface area contributed by atoms with Crippen LogP contribution in [0.25, 0.3) is 0 Å². The lowest BCUT2D eigenvalue weighted by molar-refractivity contribution is 0.103. The van der Waals surface area contributed by atoms with E-state index >= 15 is 0 Å². The number of carbonyl (C=O) groups is 1. The molecule has 1 unspecified atom stereocenters. The number of benzene rings is 2. The van der Waals surface area contributed by atoms with Crippen LogP contribution in [0, 0.1) is 0 Å².